The minimum atomic E-state index is -1.03. The van der Waals surface area contributed by atoms with Crippen molar-refractivity contribution in [3.8, 4) is 0 Å². The van der Waals surface area contributed by atoms with Gasteiger partial charge in [-0.2, -0.15) is 0 Å². The van der Waals surface area contributed by atoms with E-state index in [0.29, 0.717) is 6.54 Å². The normalized spacial score (nSPS) is 10.8. The van der Waals surface area contributed by atoms with Gasteiger partial charge in [-0.05, 0) is 28.9 Å². The smallest absolute Gasteiger partial charge is 0.317 e. The standard InChI is InChI=1S/C10H12BrNO4S/c1-6-8(11)2-7(17-6)3-12(4-9(13)14)5-10(15)16/h2H,3-5H2,1H3,(H,13,14)(H,15,16). The molecule has 0 unspecified atom stereocenters. The molecule has 0 saturated heterocycles. The number of hydrogen-bond acceptors (Lipinski definition) is 4. The zero-order valence-electron chi connectivity index (χ0n) is 9.14. The Morgan fingerprint density at radius 3 is 2.24 bits per heavy atom. The van der Waals surface area contributed by atoms with E-state index in [1.807, 2.05) is 13.0 Å². The summed E-state index contributed by atoms with van der Waals surface area (Å²) < 4.78 is 0.961. The third-order valence-electron chi connectivity index (χ3n) is 2.01. The van der Waals surface area contributed by atoms with Gasteiger partial charge >= 0.3 is 11.9 Å². The van der Waals surface area contributed by atoms with E-state index in [1.54, 1.807) is 0 Å². The molecule has 0 aliphatic rings. The van der Waals surface area contributed by atoms with E-state index < -0.39 is 11.9 Å². The van der Waals surface area contributed by atoms with Gasteiger partial charge in [0.2, 0.25) is 0 Å². The monoisotopic (exact) mass is 321 g/mol. The lowest BCUT2D eigenvalue weighted by atomic mass is 10.4. The van der Waals surface area contributed by atoms with Crippen molar-refractivity contribution in [2.45, 2.75) is 13.5 Å². The number of carbonyl (C=O) groups is 2. The highest BCUT2D eigenvalue weighted by atomic mass is 79.9. The fourth-order valence-corrected chi connectivity index (χ4v) is 3.01. The highest BCUT2D eigenvalue weighted by Gasteiger charge is 2.15. The first kappa shape index (κ1) is 14.1. The minimum absolute atomic E-state index is 0.277. The maximum Gasteiger partial charge on any atom is 0.317 e. The van der Waals surface area contributed by atoms with E-state index in [9.17, 15) is 9.59 Å². The fourth-order valence-electron chi connectivity index (χ4n) is 1.37. The minimum Gasteiger partial charge on any atom is -0.480 e. The molecule has 7 heteroatoms. The molecule has 1 aromatic heterocycles. The van der Waals surface area contributed by atoms with Crippen LogP contribution in [0.15, 0.2) is 10.5 Å². The van der Waals surface area contributed by atoms with Crippen LogP contribution in [-0.4, -0.2) is 40.1 Å². The van der Waals surface area contributed by atoms with Crippen molar-refractivity contribution in [1.82, 2.24) is 4.90 Å². The van der Waals surface area contributed by atoms with E-state index in [0.717, 1.165) is 14.2 Å². The second-order valence-corrected chi connectivity index (χ2v) is 5.74. The summed E-state index contributed by atoms with van der Waals surface area (Å²) >= 11 is 4.89. The highest BCUT2D eigenvalue weighted by molar-refractivity contribution is 9.10. The molecule has 0 aliphatic heterocycles. The summed E-state index contributed by atoms with van der Waals surface area (Å²) in [6, 6.07) is 1.89. The maximum atomic E-state index is 10.6. The van der Waals surface area contributed by atoms with E-state index in [4.69, 9.17) is 10.2 Å². The topological polar surface area (TPSA) is 77.8 Å². The third-order valence-corrected chi connectivity index (χ3v) is 4.13. The van der Waals surface area contributed by atoms with Gasteiger partial charge in [0, 0.05) is 20.8 Å². The molecule has 0 bridgehead atoms. The van der Waals surface area contributed by atoms with Crippen LogP contribution >= 0.6 is 27.3 Å². The van der Waals surface area contributed by atoms with Gasteiger partial charge in [-0.1, -0.05) is 0 Å². The van der Waals surface area contributed by atoms with E-state index in [2.05, 4.69) is 15.9 Å². The number of halogens is 1. The molecule has 1 rings (SSSR count). The first-order valence-corrected chi connectivity index (χ1v) is 6.40. The van der Waals surface area contributed by atoms with Crippen molar-refractivity contribution < 1.29 is 19.8 Å². The fraction of sp³-hybridized carbons (Fsp3) is 0.400. The molecule has 0 fully saturated rings. The summed E-state index contributed by atoms with van der Waals surface area (Å²) in [5.41, 5.74) is 0. The molecule has 2 N–H and O–H groups in total. The van der Waals surface area contributed by atoms with E-state index in [-0.39, 0.29) is 13.1 Å². The molecule has 94 valence electrons. The number of aliphatic carboxylic acids is 2. The van der Waals surface area contributed by atoms with Crippen LogP contribution in [0.5, 0.6) is 0 Å². The summed E-state index contributed by atoms with van der Waals surface area (Å²) in [5.74, 6) is -2.06. The molecule has 0 spiro atoms. The van der Waals surface area contributed by atoms with Crippen LogP contribution < -0.4 is 0 Å². The summed E-state index contributed by atoms with van der Waals surface area (Å²) in [6.45, 7) is 1.72. The van der Waals surface area contributed by atoms with Crippen molar-refractivity contribution in [2.24, 2.45) is 0 Å². The molecule has 5 nitrogen and oxygen atoms in total. The zero-order valence-corrected chi connectivity index (χ0v) is 11.5. The van der Waals surface area contributed by atoms with Gasteiger partial charge < -0.3 is 10.2 Å². The van der Waals surface area contributed by atoms with Crippen LogP contribution in [0.25, 0.3) is 0 Å². The SMILES string of the molecule is Cc1sc(CN(CC(=O)O)CC(=O)O)cc1Br. The van der Waals surface area contributed by atoms with Crippen molar-refractivity contribution in [3.63, 3.8) is 0 Å². The van der Waals surface area contributed by atoms with Gasteiger partial charge in [-0.25, -0.2) is 0 Å². The first-order valence-electron chi connectivity index (χ1n) is 4.79. The molecule has 0 saturated carbocycles. The highest BCUT2D eigenvalue weighted by Crippen LogP contribution is 2.27. The number of nitrogens with zero attached hydrogens (tertiary/aromatic N) is 1. The maximum absolute atomic E-state index is 10.6. The Bertz CT molecular complexity index is 396. The number of rotatable bonds is 6. The van der Waals surface area contributed by atoms with Crippen LogP contribution in [-0.2, 0) is 16.1 Å². The van der Waals surface area contributed by atoms with Crippen molar-refractivity contribution in [1.29, 1.82) is 0 Å². The van der Waals surface area contributed by atoms with Crippen LogP contribution in [0.1, 0.15) is 9.75 Å². The molecule has 0 atom stereocenters. The van der Waals surface area contributed by atoms with Gasteiger partial charge in [-0.15, -0.1) is 11.3 Å². The Labute approximate surface area is 111 Å². The van der Waals surface area contributed by atoms with Crippen molar-refractivity contribution in [2.75, 3.05) is 13.1 Å². The van der Waals surface area contributed by atoms with Crippen LogP contribution in [0.3, 0.4) is 0 Å². The lowest BCUT2D eigenvalue weighted by Crippen LogP contribution is -2.33. The average Bonchev–Trinajstić information content (AvgIpc) is 2.42. The summed E-state index contributed by atoms with van der Waals surface area (Å²) in [6.07, 6.45) is 0. The van der Waals surface area contributed by atoms with Gasteiger partial charge in [0.25, 0.3) is 0 Å². The molecule has 0 radical (unpaired) electrons. The predicted octanol–water partition coefficient (Wildman–Crippen LogP) is 1.79. The molecular weight excluding hydrogens is 310 g/mol. The molecule has 1 heterocycles. The Morgan fingerprint density at radius 2 is 1.88 bits per heavy atom. The lowest BCUT2D eigenvalue weighted by Gasteiger charge is -2.16. The zero-order chi connectivity index (χ0) is 13.0. The summed E-state index contributed by atoms with van der Waals surface area (Å²) in [5, 5.41) is 17.4. The molecule has 1 aromatic rings. The second kappa shape index (κ2) is 6.13. The van der Waals surface area contributed by atoms with Crippen LogP contribution in [0.2, 0.25) is 0 Å². The van der Waals surface area contributed by atoms with Crippen LogP contribution in [0.4, 0.5) is 0 Å². The average molecular weight is 322 g/mol. The third kappa shape index (κ3) is 4.84. The molecule has 0 amide bonds. The second-order valence-electron chi connectivity index (χ2n) is 3.55. The molecular formula is C10H12BrNO4S. The molecule has 0 aromatic carbocycles. The summed E-state index contributed by atoms with van der Waals surface area (Å²) in [7, 11) is 0. The number of thiophene rings is 1. The first-order chi connectivity index (χ1) is 7.88. The predicted molar refractivity (Wildman–Crippen MR) is 67.3 cm³/mol. The Kier molecular flexibility index (Phi) is 5.10. The van der Waals surface area contributed by atoms with Gasteiger partial charge in [0.15, 0.2) is 0 Å². The van der Waals surface area contributed by atoms with Crippen molar-refractivity contribution in [3.05, 3.63) is 20.3 Å². The Balaban J connectivity index is 2.70. The molecule has 0 aliphatic carbocycles. The van der Waals surface area contributed by atoms with Gasteiger partial charge in [0.05, 0.1) is 13.1 Å². The number of aryl methyl sites for hydroxylation is 1. The lowest BCUT2D eigenvalue weighted by molar-refractivity contribution is -0.141. The van der Waals surface area contributed by atoms with E-state index >= 15 is 0 Å². The Morgan fingerprint density at radius 1 is 1.35 bits per heavy atom. The quantitative estimate of drug-likeness (QED) is 0.835. The van der Waals surface area contributed by atoms with Crippen LogP contribution in [0, 0.1) is 6.92 Å². The largest absolute Gasteiger partial charge is 0.480 e. The van der Waals surface area contributed by atoms with Gasteiger partial charge in [-0.3, -0.25) is 14.5 Å². The molecule has 17 heavy (non-hydrogen) atoms. The number of hydrogen-bond donors (Lipinski definition) is 2. The Hall–Kier alpha value is -0.920. The van der Waals surface area contributed by atoms with E-state index in [1.165, 1.54) is 16.2 Å². The summed E-state index contributed by atoms with van der Waals surface area (Å²) in [4.78, 5) is 24.6. The van der Waals surface area contributed by atoms with Crippen molar-refractivity contribution >= 4 is 39.2 Å². The number of carboxylic acid groups (broad SMARTS) is 2. The number of carboxylic acids is 2. The van der Waals surface area contributed by atoms with Gasteiger partial charge in [0.1, 0.15) is 0 Å².